The molecule has 0 spiro atoms. The van der Waals surface area contributed by atoms with Crippen molar-refractivity contribution in [1.29, 1.82) is 0 Å². The van der Waals surface area contributed by atoms with E-state index < -0.39 is 0 Å². The summed E-state index contributed by atoms with van der Waals surface area (Å²) in [6.07, 6.45) is 3.16. The molecule has 1 aromatic rings. The first-order chi connectivity index (χ1) is 10.6. The minimum Gasteiger partial charge on any atom is -0.373 e. The van der Waals surface area contributed by atoms with Crippen LogP contribution in [0.15, 0.2) is 29.3 Å². The largest absolute Gasteiger partial charge is 0.373 e. The molecule has 0 aromatic heterocycles. The van der Waals surface area contributed by atoms with E-state index in [-0.39, 0.29) is 5.60 Å². The molecule has 4 nitrogen and oxygen atoms in total. The summed E-state index contributed by atoms with van der Waals surface area (Å²) < 4.78 is 5.78. The molecule has 1 heterocycles. The SMILES string of the molecule is CCNC(=NCC1(C)CCCO1)NCCc1ccc(Cl)cc1. The number of guanidine groups is 1. The molecule has 1 fully saturated rings. The van der Waals surface area contributed by atoms with Crippen LogP contribution >= 0.6 is 11.6 Å². The van der Waals surface area contributed by atoms with E-state index in [1.165, 1.54) is 5.56 Å². The predicted octanol–water partition coefficient (Wildman–Crippen LogP) is 3.01. The molecule has 1 aliphatic rings. The molecule has 1 atom stereocenters. The Hall–Kier alpha value is -1.26. The summed E-state index contributed by atoms with van der Waals surface area (Å²) in [7, 11) is 0. The quantitative estimate of drug-likeness (QED) is 0.625. The van der Waals surface area contributed by atoms with Gasteiger partial charge in [0.1, 0.15) is 0 Å². The maximum absolute atomic E-state index is 5.90. The van der Waals surface area contributed by atoms with Crippen molar-refractivity contribution in [2.75, 3.05) is 26.2 Å². The average Bonchev–Trinajstić information content (AvgIpc) is 2.94. The maximum Gasteiger partial charge on any atom is 0.191 e. The van der Waals surface area contributed by atoms with Gasteiger partial charge in [0, 0.05) is 24.7 Å². The van der Waals surface area contributed by atoms with Crippen molar-refractivity contribution in [2.24, 2.45) is 4.99 Å². The lowest BCUT2D eigenvalue weighted by Crippen LogP contribution is -2.40. The molecule has 0 aliphatic carbocycles. The molecule has 0 bridgehead atoms. The fraction of sp³-hybridized carbons (Fsp3) is 0.588. The molecule has 2 N–H and O–H groups in total. The van der Waals surface area contributed by atoms with Crippen molar-refractivity contribution in [3.05, 3.63) is 34.9 Å². The Morgan fingerprint density at radius 3 is 2.73 bits per heavy atom. The Morgan fingerprint density at radius 1 is 1.32 bits per heavy atom. The third-order valence-corrected chi connectivity index (χ3v) is 4.09. The van der Waals surface area contributed by atoms with Gasteiger partial charge >= 0.3 is 0 Å². The predicted molar refractivity (Wildman–Crippen MR) is 92.7 cm³/mol. The van der Waals surface area contributed by atoms with E-state index in [2.05, 4.69) is 41.6 Å². The smallest absolute Gasteiger partial charge is 0.191 e. The van der Waals surface area contributed by atoms with E-state index in [0.29, 0.717) is 6.54 Å². The molecule has 0 radical (unpaired) electrons. The van der Waals surface area contributed by atoms with Crippen LogP contribution in [-0.4, -0.2) is 37.8 Å². The van der Waals surface area contributed by atoms with Crippen LogP contribution < -0.4 is 10.6 Å². The molecule has 5 heteroatoms. The molecule has 1 saturated heterocycles. The van der Waals surface area contributed by atoms with Gasteiger partial charge < -0.3 is 15.4 Å². The average molecular weight is 324 g/mol. The molecule has 22 heavy (non-hydrogen) atoms. The topological polar surface area (TPSA) is 45.7 Å². The minimum absolute atomic E-state index is 0.0987. The van der Waals surface area contributed by atoms with Gasteiger partial charge in [-0.05, 0) is 50.8 Å². The fourth-order valence-electron chi connectivity index (χ4n) is 2.53. The lowest BCUT2D eigenvalue weighted by molar-refractivity contribution is 0.0283. The van der Waals surface area contributed by atoms with Gasteiger partial charge in [0.15, 0.2) is 5.96 Å². The molecule has 1 unspecified atom stereocenters. The number of nitrogens with zero attached hydrogens (tertiary/aromatic N) is 1. The van der Waals surface area contributed by atoms with Crippen LogP contribution in [0, 0.1) is 0 Å². The van der Waals surface area contributed by atoms with Gasteiger partial charge in [-0.2, -0.15) is 0 Å². The van der Waals surface area contributed by atoms with Gasteiger partial charge in [0.25, 0.3) is 0 Å². The van der Waals surface area contributed by atoms with Gasteiger partial charge in [-0.3, -0.25) is 4.99 Å². The first-order valence-corrected chi connectivity index (χ1v) is 8.40. The Labute approximate surface area is 138 Å². The standard InChI is InChI=1S/C17H26ClN3O/c1-3-19-16(21-13-17(2)10-4-12-22-17)20-11-9-14-5-7-15(18)8-6-14/h5-8H,3-4,9-13H2,1-2H3,(H2,19,20,21). The summed E-state index contributed by atoms with van der Waals surface area (Å²) in [5, 5.41) is 7.43. The fourth-order valence-corrected chi connectivity index (χ4v) is 2.65. The highest BCUT2D eigenvalue weighted by Gasteiger charge is 2.29. The molecule has 1 aromatic carbocycles. The number of ether oxygens (including phenoxy) is 1. The summed E-state index contributed by atoms with van der Waals surface area (Å²) in [4.78, 5) is 4.66. The van der Waals surface area contributed by atoms with Crippen LogP contribution in [0.1, 0.15) is 32.3 Å². The number of aliphatic imine (C=N–C) groups is 1. The Balaban J connectivity index is 1.81. The summed E-state index contributed by atoms with van der Waals surface area (Å²) in [6.45, 7) is 7.45. The number of rotatable bonds is 6. The minimum atomic E-state index is -0.0987. The van der Waals surface area contributed by atoms with E-state index in [9.17, 15) is 0 Å². The first kappa shape index (κ1) is 17.1. The van der Waals surface area contributed by atoms with E-state index in [4.69, 9.17) is 16.3 Å². The molecule has 0 saturated carbocycles. The highest BCUT2D eigenvalue weighted by molar-refractivity contribution is 6.30. The zero-order valence-electron chi connectivity index (χ0n) is 13.5. The van der Waals surface area contributed by atoms with Crippen LogP contribution in [0.3, 0.4) is 0 Å². The zero-order valence-corrected chi connectivity index (χ0v) is 14.2. The molecule has 122 valence electrons. The van der Waals surface area contributed by atoms with E-state index in [1.807, 2.05) is 12.1 Å². The van der Waals surface area contributed by atoms with Crippen LogP contribution in [0.25, 0.3) is 0 Å². The van der Waals surface area contributed by atoms with Gasteiger partial charge in [-0.1, -0.05) is 23.7 Å². The second-order valence-electron chi connectivity index (χ2n) is 5.90. The molecule has 1 aliphatic heterocycles. The van der Waals surface area contributed by atoms with Crippen LogP contribution in [0.2, 0.25) is 5.02 Å². The number of hydrogen-bond donors (Lipinski definition) is 2. The number of halogens is 1. The van der Waals surface area contributed by atoms with Gasteiger partial charge in [0.2, 0.25) is 0 Å². The molecular formula is C17H26ClN3O. The molecular weight excluding hydrogens is 298 g/mol. The molecule has 2 rings (SSSR count). The second kappa shape index (κ2) is 8.39. The highest BCUT2D eigenvalue weighted by Crippen LogP contribution is 2.24. The molecule has 0 amide bonds. The third kappa shape index (κ3) is 5.50. The van der Waals surface area contributed by atoms with Crippen LogP contribution in [0.4, 0.5) is 0 Å². The Kier molecular flexibility index (Phi) is 6.52. The van der Waals surface area contributed by atoms with Crippen molar-refractivity contribution >= 4 is 17.6 Å². The number of nitrogens with one attached hydrogen (secondary N) is 2. The number of benzene rings is 1. The van der Waals surface area contributed by atoms with Gasteiger partial charge in [-0.25, -0.2) is 0 Å². The van der Waals surface area contributed by atoms with Crippen molar-refractivity contribution in [3.63, 3.8) is 0 Å². The lowest BCUT2D eigenvalue weighted by Gasteiger charge is -2.21. The monoisotopic (exact) mass is 323 g/mol. The normalized spacial score (nSPS) is 21.9. The number of hydrogen-bond acceptors (Lipinski definition) is 2. The van der Waals surface area contributed by atoms with E-state index in [1.54, 1.807) is 0 Å². The summed E-state index contributed by atoms with van der Waals surface area (Å²) >= 11 is 5.90. The van der Waals surface area contributed by atoms with Crippen molar-refractivity contribution < 1.29 is 4.74 Å². The third-order valence-electron chi connectivity index (χ3n) is 3.84. The van der Waals surface area contributed by atoms with Crippen LogP contribution in [0.5, 0.6) is 0 Å². The summed E-state index contributed by atoms with van der Waals surface area (Å²) in [6, 6.07) is 7.96. The van der Waals surface area contributed by atoms with Crippen molar-refractivity contribution in [1.82, 2.24) is 10.6 Å². The van der Waals surface area contributed by atoms with E-state index >= 15 is 0 Å². The van der Waals surface area contributed by atoms with E-state index in [0.717, 1.165) is 49.9 Å². The Morgan fingerprint density at radius 2 is 2.09 bits per heavy atom. The summed E-state index contributed by atoms with van der Waals surface area (Å²) in [5.41, 5.74) is 1.16. The lowest BCUT2D eigenvalue weighted by atomic mass is 10.0. The zero-order chi connectivity index (χ0) is 15.8. The first-order valence-electron chi connectivity index (χ1n) is 8.02. The van der Waals surface area contributed by atoms with Gasteiger partial charge in [0.05, 0.1) is 12.1 Å². The summed E-state index contributed by atoms with van der Waals surface area (Å²) in [5.74, 6) is 0.855. The second-order valence-corrected chi connectivity index (χ2v) is 6.34. The Bertz CT molecular complexity index is 481. The van der Waals surface area contributed by atoms with Crippen molar-refractivity contribution in [3.8, 4) is 0 Å². The highest BCUT2D eigenvalue weighted by atomic mass is 35.5. The van der Waals surface area contributed by atoms with Gasteiger partial charge in [-0.15, -0.1) is 0 Å². The van der Waals surface area contributed by atoms with Crippen LogP contribution in [-0.2, 0) is 11.2 Å². The van der Waals surface area contributed by atoms with Crippen molar-refractivity contribution in [2.45, 2.75) is 38.7 Å². The maximum atomic E-state index is 5.90.